The highest BCUT2D eigenvalue weighted by Crippen LogP contribution is 2.26. The molecule has 1 heterocycles. The Kier molecular flexibility index (Phi) is 5.21. The third kappa shape index (κ3) is 3.94. The second-order valence-corrected chi connectivity index (χ2v) is 7.52. The number of rotatable bonds is 6. The van der Waals surface area contributed by atoms with Gasteiger partial charge in [-0.1, -0.05) is 17.7 Å². The molecule has 0 radical (unpaired) electrons. The molecule has 0 unspecified atom stereocenters. The lowest BCUT2D eigenvalue weighted by atomic mass is 10.2. The van der Waals surface area contributed by atoms with Crippen LogP contribution in [0.2, 0.25) is 5.02 Å². The number of hydrogen-bond donors (Lipinski definition) is 1. The Bertz CT molecular complexity index is 729. The van der Waals surface area contributed by atoms with Crippen LogP contribution in [0.3, 0.4) is 0 Å². The van der Waals surface area contributed by atoms with E-state index in [1.807, 2.05) is 0 Å². The molecule has 0 atom stereocenters. The molecule has 0 saturated heterocycles. The summed E-state index contributed by atoms with van der Waals surface area (Å²) < 4.78 is 32.2. The SMILES string of the molecule is COCCc1cnc(NS(=O)(=O)c2cccc(Cl)c2C)s1. The van der Waals surface area contributed by atoms with Gasteiger partial charge < -0.3 is 4.74 Å². The number of thiazole rings is 1. The maximum Gasteiger partial charge on any atom is 0.263 e. The van der Waals surface area contributed by atoms with E-state index in [0.29, 0.717) is 28.7 Å². The molecule has 0 spiro atoms. The van der Waals surface area contributed by atoms with E-state index in [0.717, 1.165) is 4.88 Å². The van der Waals surface area contributed by atoms with E-state index >= 15 is 0 Å². The molecular weight excluding hydrogens is 332 g/mol. The fourth-order valence-electron chi connectivity index (χ4n) is 1.72. The standard InChI is InChI=1S/C13H15ClN2O3S2/c1-9-11(14)4-3-5-12(9)21(17,18)16-13-15-8-10(20-13)6-7-19-2/h3-5,8H,6-7H2,1-2H3,(H,15,16). The highest BCUT2D eigenvalue weighted by molar-refractivity contribution is 7.93. The van der Waals surface area contributed by atoms with Crippen molar-refractivity contribution in [1.82, 2.24) is 4.98 Å². The Balaban J connectivity index is 2.21. The second kappa shape index (κ2) is 6.74. The normalized spacial score (nSPS) is 11.6. The minimum absolute atomic E-state index is 0.156. The van der Waals surface area contributed by atoms with Crippen molar-refractivity contribution >= 4 is 38.1 Å². The number of ether oxygens (including phenoxy) is 1. The molecule has 2 aromatic rings. The van der Waals surface area contributed by atoms with Crippen LogP contribution >= 0.6 is 22.9 Å². The Morgan fingerprint density at radius 1 is 1.43 bits per heavy atom. The number of methoxy groups -OCH3 is 1. The Morgan fingerprint density at radius 2 is 2.19 bits per heavy atom. The number of halogens is 1. The van der Waals surface area contributed by atoms with Crippen LogP contribution < -0.4 is 4.72 Å². The number of nitrogens with zero attached hydrogens (tertiary/aromatic N) is 1. The fourth-order valence-corrected chi connectivity index (χ4v) is 4.26. The molecule has 0 aliphatic carbocycles. The summed E-state index contributed by atoms with van der Waals surface area (Å²) in [4.78, 5) is 5.18. The van der Waals surface area contributed by atoms with Gasteiger partial charge in [0, 0.05) is 29.6 Å². The summed E-state index contributed by atoms with van der Waals surface area (Å²) in [5.74, 6) is 0. The molecule has 0 amide bonds. The smallest absolute Gasteiger partial charge is 0.263 e. The first kappa shape index (κ1) is 16.2. The van der Waals surface area contributed by atoms with Gasteiger partial charge in [0.2, 0.25) is 0 Å². The van der Waals surface area contributed by atoms with Gasteiger partial charge in [-0.05, 0) is 24.6 Å². The summed E-state index contributed by atoms with van der Waals surface area (Å²) in [7, 11) is -2.07. The summed E-state index contributed by atoms with van der Waals surface area (Å²) in [6, 6.07) is 4.78. The highest BCUT2D eigenvalue weighted by atomic mass is 35.5. The number of sulfonamides is 1. The summed E-state index contributed by atoms with van der Waals surface area (Å²) >= 11 is 7.26. The molecule has 114 valence electrons. The van der Waals surface area contributed by atoms with E-state index < -0.39 is 10.0 Å². The maximum absolute atomic E-state index is 12.4. The molecule has 1 N–H and O–H groups in total. The first-order chi connectivity index (χ1) is 9.94. The molecule has 1 aromatic carbocycles. The van der Waals surface area contributed by atoms with Gasteiger partial charge in [-0.25, -0.2) is 13.4 Å². The van der Waals surface area contributed by atoms with Crippen LogP contribution in [0.4, 0.5) is 5.13 Å². The summed E-state index contributed by atoms with van der Waals surface area (Å²) in [6.07, 6.45) is 2.35. The molecule has 21 heavy (non-hydrogen) atoms. The van der Waals surface area contributed by atoms with Crippen molar-refractivity contribution in [3.8, 4) is 0 Å². The number of hydrogen-bond acceptors (Lipinski definition) is 5. The lowest BCUT2D eigenvalue weighted by molar-refractivity contribution is 0.203. The minimum atomic E-state index is -3.69. The summed E-state index contributed by atoms with van der Waals surface area (Å²) in [6.45, 7) is 2.24. The number of anilines is 1. The zero-order valence-corrected chi connectivity index (χ0v) is 14.0. The maximum atomic E-state index is 12.4. The molecule has 0 bridgehead atoms. The monoisotopic (exact) mass is 346 g/mol. The Labute approximate surface area is 133 Å². The molecule has 0 fully saturated rings. The predicted octanol–water partition coefficient (Wildman–Crippen LogP) is 3.09. The quantitative estimate of drug-likeness (QED) is 0.872. The zero-order chi connectivity index (χ0) is 15.5. The van der Waals surface area contributed by atoms with Crippen LogP contribution in [0, 0.1) is 6.92 Å². The van der Waals surface area contributed by atoms with E-state index in [9.17, 15) is 8.42 Å². The van der Waals surface area contributed by atoms with Gasteiger partial charge in [-0.15, -0.1) is 11.3 Å². The molecule has 0 aliphatic rings. The lowest BCUT2D eigenvalue weighted by Crippen LogP contribution is -2.14. The topological polar surface area (TPSA) is 68.3 Å². The van der Waals surface area contributed by atoms with Crippen molar-refractivity contribution in [3.63, 3.8) is 0 Å². The van der Waals surface area contributed by atoms with Crippen LogP contribution in [0.15, 0.2) is 29.3 Å². The van der Waals surface area contributed by atoms with E-state index in [4.69, 9.17) is 16.3 Å². The fraction of sp³-hybridized carbons (Fsp3) is 0.308. The van der Waals surface area contributed by atoms with Crippen molar-refractivity contribution in [1.29, 1.82) is 0 Å². The highest BCUT2D eigenvalue weighted by Gasteiger charge is 2.19. The molecule has 2 rings (SSSR count). The first-order valence-corrected chi connectivity index (χ1v) is 8.83. The lowest BCUT2D eigenvalue weighted by Gasteiger charge is -2.09. The van der Waals surface area contributed by atoms with E-state index in [2.05, 4.69) is 9.71 Å². The van der Waals surface area contributed by atoms with E-state index in [1.54, 1.807) is 32.4 Å². The van der Waals surface area contributed by atoms with Gasteiger partial charge in [0.05, 0.1) is 11.5 Å². The van der Waals surface area contributed by atoms with E-state index in [1.165, 1.54) is 17.4 Å². The van der Waals surface area contributed by atoms with Crippen molar-refractivity contribution in [2.75, 3.05) is 18.4 Å². The average molecular weight is 347 g/mol. The van der Waals surface area contributed by atoms with Crippen LogP contribution in [0.5, 0.6) is 0 Å². The van der Waals surface area contributed by atoms with Crippen molar-refractivity contribution in [3.05, 3.63) is 39.9 Å². The van der Waals surface area contributed by atoms with Gasteiger partial charge in [0.25, 0.3) is 10.0 Å². The van der Waals surface area contributed by atoms with Crippen molar-refractivity contribution in [2.24, 2.45) is 0 Å². The third-order valence-corrected chi connectivity index (χ3v) is 5.83. The van der Waals surface area contributed by atoms with E-state index in [-0.39, 0.29) is 4.90 Å². The zero-order valence-electron chi connectivity index (χ0n) is 11.6. The van der Waals surface area contributed by atoms with Crippen LogP contribution in [-0.4, -0.2) is 27.1 Å². The molecule has 1 aromatic heterocycles. The number of aromatic nitrogens is 1. The van der Waals surface area contributed by atoms with Crippen LogP contribution in [0.25, 0.3) is 0 Å². The largest absolute Gasteiger partial charge is 0.384 e. The number of nitrogens with one attached hydrogen (secondary N) is 1. The molecular formula is C13H15ClN2O3S2. The second-order valence-electron chi connectivity index (χ2n) is 4.34. The third-order valence-electron chi connectivity index (χ3n) is 2.84. The van der Waals surface area contributed by atoms with Crippen LogP contribution in [-0.2, 0) is 21.2 Å². The van der Waals surface area contributed by atoms with Gasteiger partial charge >= 0.3 is 0 Å². The van der Waals surface area contributed by atoms with Gasteiger partial charge in [0.15, 0.2) is 5.13 Å². The summed E-state index contributed by atoms with van der Waals surface area (Å²) in [5.41, 5.74) is 0.517. The Morgan fingerprint density at radius 3 is 2.90 bits per heavy atom. The molecule has 0 saturated carbocycles. The molecule has 8 heteroatoms. The van der Waals surface area contributed by atoms with Gasteiger partial charge in [-0.3, -0.25) is 4.72 Å². The summed E-state index contributed by atoms with van der Waals surface area (Å²) in [5, 5.41) is 0.748. The van der Waals surface area contributed by atoms with Crippen molar-refractivity contribution < 1.29 is 13.2 Å². The van der Waals surface area contributed by atoms with Gasteiger partial charge in [0.1, 0.15) is 0 Å². The predicted molar refractivity (Wildman–Crippen MR) is 84.7 cm³/mol. The molecule has 0 aliphatic heterocycles. The van der Waals surface area contributed by atoms with Crippen LogP contribution in [0.1, 0.15) is 10.4 Å². The number of benzene rings is 1. The van der Waals surface area contributed by atoms with Gasteiger partial charge in [-0.2, -0.15) is 0 Å². The average Bonchev–Trinajstić information content (AvgIpc) is 2.86. The van der Waals surface area contributed by atoms with Crippen molar-refractivity contribution in [2.45, 2.75) is 18.2 Å². The minimum Gasteiger partial charge on any atom is -0.384 e. The molecule has 5 nitrogen and oxygen atoms in total. The Hall–Kier alpha value is -1.15. The first-order valence-electron chi connectivity index (χ1n) is 6.15.